The molecule has 0 radical (unpaired) electrons. The minimum atomic E-state index is 0.652. The molecule has 4 heteroatoms. The van der Waals surface area contributed by atoms with E-state index in [0.29, 0.717) is 6.04 Å². The first kappa shape index (κ1) is 12.8. The second kappa shape index (κ2) is 5.06. The third kappa shape index (κ3) is 2.58. The Balaban J connectivity index is 1.83. The van der Waals surface area contributed by atoms with Gasteiger partial charge in [0.05, 0.1) is 11.4 Å². The summed E-state index contributed by atoms with van der Waals surface area (Å²) in [5.74, 6) is 2.58. The van der Waals surface area contributed by atoms with Crippen molar-refractivity contribution < 1.29 is 0 Å². The average molecular weight is 260 g/mol. The lowest BCUT2D eigenvalue weighted by Crippen LogP contribution is -2.37. The maximum atomic E-state index is 4.76. The Kier molecular flexibility index (Phi) is 3.42. The summed E-state index contributed by atoms with van der Waals surface area (Å²) in [6.07, 6.45) is 7.39. The molecule has 19 heavy (non-hydrogen) atoms. The van der Waals surface area contributed by atoms with E-state index < -0.39 is 0 Å². The van der Waals surface area contributed by atoms with E-state index in [1.54, 1.807) is 0 Å². The summed E-state index contributed by atoms with van der Waals surface area (Å²) < 4.78 is 0. The van der Waals surface area contributed by atoms with Gasteiger partial charge in [-0.1, -0.05) is 13.8 Å². The Labute approximate surface area is 115 Å². The predicted octanol–water partition coefficient (Wildman–Crippen LogP) is 2.62. The summed E-state index contributed by atoms with van der Waals surface area (Å²) in [6, 6.07) is 0.652. The largest absolute Gasteiger partial charge is 0.339 e. The molecule has 0 aliphatic heterocycles. The quantitative estimate of drug-likeness (QED) is 0.788. The van der Waals surface area contributed by atoms with Gasteiger partial charge in [0.1, 0.15) is 0 Å². The van der Waals surface area contributed by atoms with E-state index in [-0.39, 0.29) is 0 Å². The summed E-state index contributed by atoms with van der Waals surface area (Å²) in [7, 11) is 2.16. The molecule has 1 heterocycles. The molecule has 0 atom stereocenters. The molecule has 0 N–H and O–H groups in total. The van der Waals surface area contributed by atoms with Gasteiger partial charge in [-0.15, -0.1) is 5.10 Å². The molecule has 0 spiro atoms. The third-order valence-corrected chi connectivity index (χ3v) is 4.47. The number of rotatable bonds is 6. The lowest BCUT2D eigenvalue weighted by Gasteiger charge is -2.28. The van der Waals surface area contributed by atoms with Gasteiger partial charge in [0.25, 0.3) is 0 Å². The molecule has 1 aromatic heterocycles. The number of nitrogens with zero attached hydrogens (tertiary/aromatic N) is 4. The Bertz CT molecular complexity index is 439. The third-order valence-electron chi connectivity index (χ3n) is 4.47. The molecule has 2 saturated carbocycles. The molecular formula is C15H24N4. The van der Waals surface area contributed by atoms with Crippen LogP contribution < -0.4 is 4.90 Å². The van der Waals surface area contributed by atoms with Crippen molar-refractivity contribution in [3.8, 4) is 0 Å². The highest BCUT2D eigenvalue weighted by Gasteiger charge is 2.44. The summed E-state index contributed by atoms with van der Waals surface area (Å²) in [4.78, 5) is 7.06. The molecule has 2 aliphatic carbocycles. The van der Waals surface area contributed by atoms with Crippen LogP contribution in [0, 0.1) is 11.8 Å². The van der Waals surface area contributed by atoms with Crippen LogP contribution in [0.15, 0.2) is 0 Å². The van der Waals surface area contributed by atoms with Crippen molar-refractivity contribution in [2.75, 3.05) is 11.9 Å². The monoisotopic (exact) mass is 260 g/mol. The van der Waals surface area contributed by atoms with Crippen LogP contribution in [0.2, 0.25) is 0 Å². The number of hydrogen-bond donors (Lipinski definition) is 0. The lowest BCUT2D eigenvalue weighted by molar-refractivity contribution is 0.493. The van der Waals surface area contributed by atoms with Crippen molar-refractivity contribution in [1.29, 1.82) is 0 Å². The van der Waals surface area contributed by atoms with E-state index in [9.17, 15) is 0 Å². The highest BCUT2D eigenvalue weighted by Crippen LogP contribution is 2.47. The summed E-state index contributed by atoms with van der Waals surface area (Å²) in [5, 5.41) is 8.74. The molecule has 0 aromatic carbocycles. The minimum Gasteiger partial charge on any atom is -0.339 e. The molecule has 0 amide bonds. The van der Waals surface area contributed by atoms with Gasteiger partial charge in [0, 0.05) is 13.1 Å². The molecule has 1 aromatic rings. The topological polar surface area (TPSA) is 41.9 Å². The van der Waals surface area contributed by atoms with Crippen LogP contribution in [0.3, 0.4) is 0 Å². The smallest absolute Gasteiger partial charge is 0.245 e. The van der Waals surface area contributed by atoms with Gasteiger partial charge in [-0.2, -0.15) is 5.10 Å². The van der Waals surface area contributed by atoms with Crippen molar-refractivity contribution in [2.45, 2.75) is 58.4 Å². The zero-order valence-electron chi connectivity index (χ0n) is 12.3. The van der Waals surface area contributed by atoms with Crippen molar-refractivity contribution in [3.05, 3.63) is 11.4 Å². The minimum absolute atomic E-state index is 0.652. The Hall–Kier alpha value is -1.19. The molecule has 0 saturated heterocycles. The number of aromatic nitrogens is 3. The van der Waals surface area contributed by atoms with Crippen molar-refractivity contribution in [2.24, 2.45) is 11.8 Å². The van der Waals surface area contributed by atoms with Crippen LogP contribution in [0.1, 0.15) is 50.9 Å². The summed E-state index contributed by atoms with van der Waals surface area (Å²) in [5.41, 5.74) is 2.17. The van der Waals surface area contributed by atoms with E-state index in [1.807, 2.05) is 0 Å². The van der Waals surface area contributed by atoms with E-state index in [2.05, 4.69) is 36.0 Å². The Morgan fingerprint density at radius 3 is 2.05 bits per heavy atom. The van der Waals surface area contributed by atoms with Gasteiger partial charge in [0.2, 0.25) is 5.95 Å². The molecule has 0 unspecified atom stereocenters. The van der Waals surface area contributed by atoms with Gasteiger partial charge in [-0.25, -0.2) is 4.98 Å². The predicted molar refractivity (Wildman–Crippen MR) is 76.2 cm³/mol. The van der Waals surface area contributed by atoms with E-state index in [1.165, 1.54) is 25.7 Å². The van der Waals surface area contributed by atoms with Crippen molar-refractivity contribution in [3.63, 3.8) is 0 Å². The van der Waals surface area contributed by atoms with Crippen molar-refractivity contribution in [1.82, 2.24) is 15.2 Å². The molecule has 4 nitrogen and oxygen atoms in total. The van der Waals surface area contributed by atoms with Crippen LogP contribution in [-0.2, 0) is 12.8 Å². The van der Waals surface area contributed by atoms with Gasteiger partial charge in [-0.05, 0) is 50.4 Å². The van der Waals surface area contributed by atoms with E-state index >= 15 is 0 Å². The Morgan fingerprint density at radius 1 is 1.00 bits per heavy atom. The fourth-order valence-corrected chi connectivity index (χ4v) is 3.10. The van der Waals surface area contributed by atoms with Gasteiger partial charge < -0.3 is 4.90 Å². The zero-order chi connectivity index (χ0) is 13.4. The second-order valence-corrected chi connectivity index (χ2v) is 5.99. The second-order valence-electron chi connectivity index (χ2n) is 5.99. The Morgan fingerprint density at radius 2 is 1.58 bits per heavy atom. The van der Waals surface area contributed by atoms with E-state index in [0.717, 1.165) is 42.0 Å². The molecule has 104 valence electrons. The molecular weight excluding hydrogens is 236 g/mol. The normalized spacial score (nSPS) is 18.9. The summed E-state index contributed by atoms with van der Waals surface area (Å²) in [6.45, 7) is 4.26. The fourth-order valence-electron chi connectivity index (χ4n) is 3.10. The number of hydrogen-bond acceptors (Lipinski definition) is 4. The maximum Gasteiger partial charge on any atom is 0.245 e. The highest BCUT2D eigenvalue weighted by atomic mass is 15.3. The fraction of sp³-hybridized carbons (Fsp3) is 0.800. The van der Waals surface area contributed by atoms with Crippen LogP contribution in [0.5, 0.6) is 0 Å². The first-order chi connectivity index (χ1) is 9.24. The van der Waals surface area contributed by atoms with Crippen LogP contribution in [0.25, 0.3) is 0 Å². The van der Waals surface area contributed by atoms with Crippen molar-refractivity contribution >= 4 is 5.95 Å². The molecule has 2 aliphatic rings. The van der Waals surface area contributed by atoms with Crippen LogP contribution in [0.4, 0.5) is 5.95 Å². The van der Waals surface area contributed by atoms with Gasteiger partial charge in [0.15, 0.2) is 0 Å². The van der Waals surface area contributed by atoms with Crippen LogP contribution >= 0.6 is 0 Å². The average Bonchev–Trinajstić information content (AvgIpc) is 3.31. The first-order valence-corrected chi connectivity index (χ1v) is 7.69. The van der Waals surface area contributed by atoms with E-state index in [4.69, 9.17) is 4.98 Å². The van der Waals surface area contributed by atoms with Gasteiger partial charge in [-0.3, -0.25) is 0 Å². The SMILES string of the molecule is CCc1nnc(N(C)C(C2CC2)C2CC2)nc1CC. The molecule has 3 rings (SSSR count). The first-order valence-electron chi connectivity index (χ1n) is 7.69. The zero-order valence-corrected chi connectivity index (χ0v) is 12.3. The number of aryl methyl sites for hydroxylation is 2. The lowest BCUT2D eigenvalue weighted by atomic mass is 10.1. The van der Waals surface area contributed by atoms with Crippen LogP contribution in [-0.4, -0.2) is 28.3 Å². The maximum absolute atomic E-state index is 4.76. The highest BCUT2D eigenvalue weighted by molar-refractivity contribution is 5.33. The number of anilines is 1. The molecule has 0 bridgehead atoms. The standard InChI is InChI=1S/C15H24N4/c1-4-12-13(5-2)17-18-15(16-12)19(3)14(10-6-7-10)11-8-9-11/h10-11,14H,4-9H2,1-3H3. The molecule has 2 fully saturated rings. The summed E-state index contributed by atoms with van der Waals surface area (Å²) >= 11 is 0. The van der Waals surface area contributed by atoms with Gasteiger partial charge >= 0.3 is 0 Å².